The van der Waals surface area contributed by atoms with Crippen molar-refractivity contribution in [2.24, 2.45) is 5.92 Å². The Morgan fingerprint density at radius 1 is 1.79 bits per heavy atom. The Morgan fingerprint density at radius 3 is 3.14 bits per heavy atom. The van der Waals surface area contributed by atoms with Crippen molar-refractivity contribution in [1.29, 1.82) is 0 Å². The number of nitrogens with zero attached hydrogens (tertiary/aromatic N) is 1. The number of hydrogen-bond acceptors (Lipinski definition) is 3. The fraction of sp³-hybridized carbons (Fsp3) is 0.556. The number of carbonyl (C=O) groups excluding carboxylic acids is 1. The SMILES string of the molecule is COCC(C)CC(=O)Nc1cn[nH]c1. The normalized spacial score (nSPS) is 12.4. The van der Waals surface area contributed by atoms with E-state index in [9.17, 15) is 4.79 Å². The average Bonchev–Trinajstić information content (AvgIpc) is 2.56. The monoisotopic (exact) mass is 197 g/mol. The summed E-state index contributed by atoms with van der Waals surface area (Å²) >= 11 is 0. The predicted molar refractivity (Wildman–Crippen MR) is 52.9 cm³/mol. The minimum atomic E-state index is -0.0176. The summed E-state index contributed by atoms with van der Waals surface area (Å²) < 4.78 is 4.94. The van der Waals surface area contributed by atoms with Crippen LogP contribution in [-0.2, 0) is 9.53 Å². The molecule has 14 heavy (non-hydrogen) atoms. The minimum absolute atomic E-state index is 0.0176. The van der Waals surface area contributed by atoms with Crippen LogP contribution in [0.4, 0.5) is 5.69 Å². The highest BCUT2D eigenvalue weighted by atomic mass is 16.5. The molecule has 1 atom stereocenters. The van der Waals surface area contributed by atoms with Gasteiger partial charge in [-0.1, -0.05) is 6.92 Å². The number of ether oxygens (including phenoxy) is 1. The third kappa shape index (κ3) is 3.57. The van der Waals surface area contributed by atoms with Crippen molar-refractivity contribution in [3.8, 4) is 0 Å². The van der Waals surface area contributed by atoms with Gasteiger partial charge in [0.2, 0.25) is 5.91 Å². The second-order valence-corrected chi connectivity index (χ2v) is 3.30. The molecule has 0 saturated carbocycles. The van der Waals surface area contributed by atoms with Crippen LogP contribution in [0.25, 0.3) is 0 Å². The topological polar surface area (TPSA) is 67.0 Å². The van der Waals surface area contributed by atoms with Gasteiger partial charge >= 0.3 is 0 Å². The van der Waals surface area contributed by atoms with Crippen molar-refractivity contribution in [2.75, 3.05) is 19.0 Å². The van der Waals surface area contributed by atoms with Crippen LogP contribution in [0, 0.1) is 5.92 Å². The number of nitrogens with one attached hydrogen (secondary N) is 2. The first-order chi connectivity index (χ1) is 6.72. The van der Waals surface area contributed by atoms with Crippen LogP contribution in [0.1, 0.15) is 13.3 Å². The number of H-pyrrole nitrogens is 1. The second-order valence-electron chi connectivity index (χ2n) is 3.30. The molecule has 1 aromatic rings. The van der Waals surface area contributed by atoms with Crippen molar-refractivity contribution >= 4 is 11.6 Å². The average molecular weight is 197 g/mol. The van der Waals surface area contributed by atoms with E-state index in [1.807, 2.05) is 6.92 Å². The standard InChI is InChI=1S/C9H15N3O2/c1-7(6-14-2)3-9(13)12-8-4-10-11-5-8/h4-5,7H,3,6H2,1-2H3,(H,10,11)(H,12,13). The third-order valence-corrected chi connectivity index (χ3v) is 1.77. The van der Waals surface area contributed by atoms with E-state index in [4.69, 9.17) is 4.74 Å². The zero-order valence-corrected chi connectivity index (χ0v) is 8.41. The quantitative estimate of drug-likeness (QED) is 0.740. The molecule has 0 aliphatic carbocycles. The Labute approximate surface area is 82.8 Å². The van der Waals surface area contributed by atoms with E-state index in [0.717, 1.165) is 0 Å². The zero-order valence-electron chi connectivity index (χ0n) is 8.41. The van der Waals surface area contributed by atoms with Crippen LogP contribution in [0.2, 0.25) is 0 Å². The number of hydrogen-bond donors (Lipinski definition) is 2. The maximum absolute atomic E-state index is 11.4. The molecule has 78 valence electrons. The fourth-order valence-corrected chi connectivity index (χ4v) is 1.19. The van der Waals surface area contributed by atoms with E-state index < -0.39 is 0 Å². The summed E-state index contributed by atoms with van der Waals surface area (Å²) in [7, 11) is 1.63. The number of methoxy groups -OCH3 is 1. The molecule has 1 aromatic heterocycles. The molecule has 0 aliphatic heterocycles. The third-order valence-electron chi connectivity index (χ3n) is 1.77. The molecule has 0 bridgehead atoms. The van der Waals surface area contributed by atoms with Gasteiger partial charge in [-0.05, 0) is 5.92 Å². The number of anilines is 1. The van der Waals surface area contributed by atoms with Gasteiger partial charge in [-0.25, -0.2) is 0 Å². The summed E-state index contributed by atoms with van der Waals surface area (Å²) in [6.07, 6.45) is 3.66. The number of carbonyl (C=O) groups is 1. The lowest BCUT2D eigenvalue weighted by molar-refractivity contribution is -0.117. The van der Waals surface area contributed by atoms with Gasteiger partial charge in [0.05, 0.1) is 11.9 Å². The molecule has 0 spiro atoms. The zero-order chi connectivity index (χ0) is 10.4. The molecular weight excluding hydrogens is 182 g/mol. The number of aromatic amines is 1. The van der Waals surface area contributed by atoms with E-state index in [0.29, 0.717) is 18.7 Å². The summed E-state index contributed by atoms with van der Waals surface area (Å²) in [6, 6.07) is 0. The van der Waals surface area contributed by atoms with Gasteiger partial charge in [0, 0.05) is 26.3 Å². The lowest BCUT2D eigenvalue weighted by atomic mass is 10.1. The molecule has 1 heterocycles. The largest absolute Gasteiger partial charge is 0.384 e. The molecule has 0 fully saturated rings. The highest BCUT2D eigenvalue weighted by molar-refractivity contribution is 5.90. The molecular formula is C9H15N3O2. The molecule has 0 saturated heterocycles. The summed E-state index contributed by atoms with van der Waals surface area (Å²) in [5.74, 6) is 0.211. The summed E-state index contributed by atoms with van der Waals surface area (Å²) in [5, 5.41) is 9.07. The lowest BCUT2D eigenvalue weighted by Gasteiger charge is -2.08. The van der Waals surface area contributed by atoms with E-state index in [2.05, 4.69) is 15.5 Å². The number of rotatable bonds is 5. The van der Waals surface area contributed by atoms with Crippen molar-refractivity contribution < 1.29 is 9.53 Å². The van der Waals surface area contributed by atoms with Crippen LogP contribution in [-0.4, -0.2) is 29.8 Å². The van der Waals surface area contributed by atoms with Crippen LogP contribution in [0.15, 0.2) is 12.4 Å². The lowest BCUT2D eigenvalue weighted by Crippen LogP contribution is -2.17. The predicted octanol–water partition coefficient (Wildman–Crippen LogP) is 1.02. The first kappa shape index (κ1) is 10.7. The highest BCUT2D eigenvalue weighted by Gasteiger charge is 2.09. The summed E-state index contributed by atoms with van der Waals surface area (Å²) in [4.78, 5) is 11.4. The molecule has 2 N–H and O–H groups in total. The Balaban J connectivity index is 2.29. The van der Waals surface area contributed by atoms with E-state index >= 15 is 0 Å². The number of amides is 1. The first-order valence-corrected chi connectivity index (χ1v) is 4.50. The first-order valence-electron chi connectivity index (χ1n) is 4.50. The van der Waals surface area contributed by atoms with E-state index in [1.54, 1.807) is 19.5 Å². The van der Waals surface area contributed by atoms with Gasteiger partial charge < -0.3 is 10.1 Å². The summed E-state index contributed by atoms with van der Waals surface area (Å²) in [5.41, 5.74) is 0.694. The molecule has 1 rings (SSSR count). The molecule has 1 amide bonds. The van der Waals surface area contributed by atoms with E-state index in [1.165, 1.54) is 0 Å². The smallest absolute Gasteiger partial charge is 0.224 e. The van der Waals surface area contributed by atoms with Gasteiger partial charge in [0.1, 0.15) is 0 Å². The van der Waals surface area contributed by atoms with Crippen LogP contribution < -0.4 is 5.32 Å². The van der Waals surface area contributed by atoms with Crippen LogP contribution in [0.3, 0.4) is 0 Å². The van der Waals surface area contributed by atoms with Gasteiger partial charge in [-0.15, -0.1) is 0 Å². The minimum Gasteiger partial charge on any atom is -0.384 e. The molecule has 0 radical (unpaired) electrons. The Hall–Kier alpha value is -1.36. The molecule has 0 aromatic carbocycles. The van der Waals surface area contributed by atoms with Gasteiger partial charge in [-0.2, -0.15) is 5.10 Å². The van der Waals surface area contributed by atoms with Crippen molar-refractivity contribution in [3.05, 3.63) is 12.4 Å². The molecule has 5 heteroatoms. The Kier molecular flexibility index (Phi) is 4.12. The summed E-state index contributed by atoms with van der Waals surface area (Å²) in [6.45, 7) is 2.57. The van der Waals surface area contributed by atoms with Gasteiger partial charge in [0.15, 0.2) is 0 Å². The van der Waals surface area contributed by atoms with Gasteiger partial charge in [0.25, 0.3) is 0 Å². The highest BCUT2D eigenvalue weighted by Crippen LogP contribution is 2.06. The van der Waals surface area contributed by atoms with E-state index in [-0.39, 0.29) is 11.8 Å². The van der Waals surface area contributed by atoms with Crippen LogP contribution >= 0.6 is 0 Å². The van der Waals surface area contributed by atoms with Crippen LogP contribution in [0.5, 0.6) is 0 Å². The van der Waals surface area contributed by atoms with Crippen molar-refractivity contribution in [2.45, 2.75) is 13.3 Å². The van der Waals surface area contributed by atoms with Gasteiger partial charge in [-0.3, -0.25) is 9.89 Å². The Bertz CT molecular complexity index is 272. The van der Waals surface area contributed by atoms with Crippen molar-refractivity contribution in [3.63, 3.8) is 0 Å². The second kappa shape index (κ2) is 5.39. The molecule has 0 aliphatic rings. The van der Waals surface area contributed by atoms with Crippen molar-refractivity contribution in [1.82, 2.24) is 10.2 Å². The number of aromatic nitrogens is 2. The maximum Gasteiger partial charge on any atom is 0.224 e. The maximum atomic E-state index is 11.4. The molecule has 1 unspecified atom stereocenters. The molecule has 5 nitrogen and oxygen atoms in total. The fourth-order valence-electron chi connectivity index (χ4n) is 1.19. The Morgan fingerprint density at radius 2 is 2.57 bits per heavy atom.